The van der Waals surface area contributed by atoms with Gasteiger partial charge in [0.1, 0.15) is 12.7 Å². The van der Waals surface area contributed by atoms with E-state index in [1.165, 1.54) is 17.3 Å². The second-order valence-electron chi connectivity index (χ2n) is 3.69. The lowest BCUT2D eigenvalue weighted by molar-refractivity contribution is 0.101. The zero-order valence-corrected chi connectivity index (χ0v) is 10.6. The predicted octanol–water partition coefficient (Wildman–Crippen LogP) is 0.686. The second-order valence-corrected chi connectivity index (χ2v) is 4.13. The van der Waals surface area contributed by atoms with Gasteiger partial charge in [-0.25, -0.2) is 9.67 Å². The Morgan fingerprint density at radius 1 is 1.40 bits per heavy atom. The van der Waals surface area contributed by atoms with Crippen LogP contribution in [0.5, 0.6) is 0 Å². The smallest absolute Gasteiger partial charge is 0.297 e. The van der Waals surface area contributed by atoms with Crippen LogP contribution in [0.25, 0.3) is 5.69 Å². The molecule has 0 aliphatic heterocycles. The van der Waals surface area contributed by atoms with Gasteiger partial charge >= 0.3 is 0 Å². The van der Waals surface area contributed by atoms with Crippen molar-refractivity contribution in [3.05, 3.63) is 41.7 Å². The van der Waals surface area contributed by atoms with E-state index in [4.69, 9.17) is 11.6 Å². The van der Waals surface area contributed by atoms with E-state index in [1.54, 1.807) is 18.2 Å². The molecule has 10 heteroatoms. The number of nitrogens with one attached hydrogen (secondary N) is 2. The van der Waals surface area contributed by atoms with Gasteiger partial charge in [0.25, 0.3) is 11.7 Å². The third-order valence-corrected chi connectivity index (χ3v) is 2.66. The van der Waals surface area contributed by atoms with Crippen molar-refractivity contribution in [2.45, 2.75) is 0 Å². The fourth-order valence-corrected chi connectivity index (χ4v) is 1.75. The fourth-order valence-electron chi connectivity index (χ4n) is 1.58. The van der Waals surface area contributed by atoms with Gasteiger partial charge in [0.2, 0.25) is 0 Å². The van der Waals surface area contributed by atoms with Crippen molar-refractivity contribution in [1.29, 1.82) is 0 Å². The van der Waals surface area contributed by atoms with Crippen LogP contribution in [0.4, 0.5) is 5.69 Å². The molecule has 0 spiro atoms. The van der Waals surface area contributed by atoms with Crippen LogP contribution in [-0.4, -0.2) is 41.3 Å². The van der Waals surface area contributed by atoms with Crippen molar-refractivity contribution >= 4 is 23.2 Å². The van der Waals surface area contributed by atoms with Gasteiger partial charge in [0.15, 0.2) is 0 Å². The SMILES string of the molecule is O=C(Nc1cc(Cl)ccc1-n1cncn1)c1nn[nH]n1. The monoisotopic (exact) mass is 290 g/mol. The molecule has 9 nitrogen and oxygen atoms in total. The average Bonchev–Trinajstić information content (AvgIpc) is 3.12. The summed E-state index contributed by atoms with van der Waals surface area (Å²) in [6.45, 7) is 0. The second kappa shape index (κ2) is 5.05. The van der Waals surface area contributed by atoms with Crippen molar-refractivity contribution in [2.24, 2.45) is 0 Å². The molecule has 2 heterocycles. The molecule has 0 aliphatic rings. The summed E-state index contributed by atoms with van der Waals surface area (Å²) in [5.41, 5.74) is 1.07. The molecule has 2 N–H and O–H groups in total. The lowest BCUT2D eigenvalue weighted by Crippen LogP contribution is -2.15. The average molecular weight is 291 g/mol. The van der Waals surface area contributed by atoms with Crippen LogP contribution in [0.15, 0.2) is 30.9 Å². The summed E-state index contributed by atoms with van der Waals surface area (Å²) in [6.07, 6.45) is 2.90. The molecule has 20 heavy (non-hydrogen) atoms. The molecular weight excluding hydrogens is 284 g/mol. The zero-order valence-electron chi connectivity index (χ0n) is 9.86. The summed E-state index contributed by atoms with van der Waals surface area (Å²) in [4.78, 5) is 15.8. The Balaban J connectivity index is 1.96. The van der Waals surface area contributed by atoms with Gasteiger partial charge in [0.05, 0.1) is 11.4 Å². The van der Waals surface area contributed by atoms with Crippen LogP contribution in [0, 0.1) is 0 Å². The molecule has 3 aromatic rings. The zero-order chi connectivity index (χ0) is 13.9. The molecule has 0 saturated carbocycles. The third-order valence-electron chi connectivity index (χ3n) is 2.42. The number of amides is 1. The first-order chi connectivity index (χ1) is 9.74. The van der Waals surface area contributed by atoms with E-state index in [0.29, 0.717) is 16.4 Å². The number of hydrogen-bond acceptors (Lipinski definition) is 6. The summed E-state index contributed by atoms with van der Waals surface area (Å²) >= 11 is 5.94. The normalized spacial score (nSPS) is 10.4. The minimum atomic E-state index is -0.512. The number of hydrogen-bond donors (Lipinski definition) is 2. The van der Waals surface area contributed by atoms with E-state index in [0.717, 1.165) is 0 Å². The number of H-pyrrole nitrogens is 1. The lowest BCUT2D eigenvalue weighted by Gasteiger charge is -2.09. The maximum atomic E-state index is 11.9. The standard InChI is InChI=1S/C10H7ClN8O/c11-6-1-2-8(19-5-12-4-13-19)7(3-6)14-10(20)9-15-17-18-16-9/h1-5H,(H,14,20)(H,15,16,17,18). The van der Waals surface area contributed by atoms with Crippen LogP contribution in [-0.2, 0) is 0 Å². The molecule has 100 valence electrons. The number of carbonyl (C=O) groups is 1. The van der Waals surface area contributed by atoms with Crippen molar-refractivity contribution in [1.82, 2.24) is 35.4 Å². The van der Waals surface area contributed by atoms with Crippen molar-refractivity contribution in [3.63, 3.8) is 0 Å². The number of tetrazole rings is 1. The Morgan fingerprint density at radius 2 is 2.30 bits per heavy atom. The van der Waals surface area contributed by atoms with E-state index < -0.39 is 5.91 Å². The van der Waals surface area contributed by atoms with Gasteiger partial charge in [-0.15, -0.1) is 10.2 Å². The largest absolute Gasteiger partial charge is 0.317 e. The highest BCUT2D eigenvalue weighted by Crippen LogP contribution is 2.24. The quantitative estimate of drug-likeness (QED) is 0.733. The lowest BCUT2D eigenvalue weighted by atomic mass is 10.2. The van der Waals surface area contributed by atoms with Crippen LogP contribution in [0.1, 0.15) is 10.6 Å². The number of aromatic nitrogens is 7. The molecule has 0 radical (unpaired) electrons. The van der Waals surface area contributed by atoms with Crippen molar-refractivity contribution < 1.29 is 4.79 Å². The molecular formula is C10H7ClN8O. The highest BCUT2D eigenvalue weighted by molar-refractivity contribution is 6.31. The van der Waals surface area contributed by atoms with Gasteiger partial charge in [-0.2, -0.15) is 10.3 Å². The third kappa shape index (κ3) is 2.34. The van der Waals surface area contributed by atoms with Crippen LogP contribution < -0.4 is 5.32 Å². The Hall–Kier alpha value is -2.81. The van der Waals surface area contributed by atoms with Gasteiger partial charge < -0.3 is 5.32 Å². The van der Waals surface area contributed by atoms with E-state index in [1.807, 2.05) is 0 Å². The van der Waals surface area contributed by atoms with Gasteiger partial charge in [-0.1, -0.05) is 11.6 Å². The molecule has 1 amide bonds. The molecule has 0 unspecified atom stereocenters. The topological polar surface area (TPSA) is 114 Å². The van der Waals surface area contributed by atoms with Gasteiger partial charge in [-0.05, 0) is 23.4 Å². The van der Waals surface area contributed by atoms with E-state index >= 15 is 0 Å². The predicted molar refractivity (Wildman–Crippen MR) is 68.5 cm³/mol. The molecule has 1 aromatic carbocycles. The molecule has 0 saturated heterocycles. The van der Waals surface area contributed by atoms with Crippen molar-refractivity contribution in [3.8, 4) is 5.69 Å². The van der Waals surface area contributed by atoms with Crippen LogP contribution in [0.3, 0.4) is 0 Å². The van der Waals surface area contributed by atoms with Crippen LogP contribution in [0.2, 0.25) is 5.02 Å². The first kappa shape index (κ1) is 12.2. The minimum absolute atomic E-state index is 0.0745. The maximum Gasteiger partial charge on any atom is 0.297 e. The molecule has 0 fully saturated rings. The Morgan fingerprint density at radius 3 is 3.00 bits per heavy atom. The maximum absolute atomic E-state index is 11.9. The first-order valence-electron chi connectivity index (χ1n) is 5.43. The number of aromatic amines is 1. The number of rotatable bonds is 3. The summed E-state index contributed by atoms with van der Waals surface area (Å²) in [5.74, 6) is -0.586. The first-order valence-corrected chi connectivity index (χ1v) is 5.81. The molecule has 0 aliphatic carbocycles. The van der Waals surface area contributed by atoms with Gasteiger partial charge in [0, 0.05) is 5.02 Å². The number of nitrogens with zero attached hydrogens (tertiary/aromatic N) is 6. The summed E-state index contributed by atoms with van der Waals surface area (Å²) in [6, 6.07) is 4.99. The Bertz CT molecular complexity index is 724. The number of benzene rings is 1. The van der Waals surface area contributed by atoms with Crippen LogP contribution >= 0.6 is 11.6 Å². The summed E-state index contributed by atoms with van der Waals surface area (Å²) in [5, 5.41) is 19.9. The fraction of sp³-hybridized carbons (Fsp3) is 0. The van der Waals surface area contributed by atoms with E-state index in [-0.39, 0.29) is 5.82 Å². The van der Waals surface area contributed by atoms with Gasteiger partial charge in [-0.3, -0.25) is 4.79 Å². The van der Waals surface area contributed by atoms with E-state index in [2.05, 4.69) is 36.0 Å². The Labute approximate surface area is 117 Å². The molecule has 0 atom stereocenters. The number of halogens is 1. The molecule has 0 bridgehead atoms. The molecule has 2 aromatic heterocycles. The highest BCUT2D eigenvalue weighted by Gasteiger charge is 2.14. The van der Waals surface area contributed by atoms with Crippen molar-refractivity contribution in [2.75, 3.05) is 5.32 Å². The summed E-state index contributed by atoms with van der Waals surface area (Å²) in [7, 11) is 0. The number of anilines is 1. The minimum Gasteiger partial charge on any atom is -0.317 e. The molecule has 3 rings (SSSR count). The van der Waals surface area contributed by atoms with E-state index in [9.17, 15) is 4.79 Å². The highest BCUT2D eigenvalue weighted by atomic mass is 35.5. The number of carbonyl (C=O) groups excluding carboxylic acids is 1. The Kier molecular flexibility index (Phi) is 3.09. The summed E-state index contributed by atoms with van der Waals surface area (Å²) < 4.78 is 1.50.